The van der Waals surface area contributed by atoms with Gasteiger partial charge in [-0.25, -0.2) is 0 Å². The molecular formula is C24H32F3NO4. The van der Waals surface area contributed by atoms with Gasteiger partial charge in [0.15, 0.2) is 0 Å². The van der Waals surface area contributed by atoms with E-state index in [0.717, 1.165) is 25.0 Å². The number of amides is 1. The van der Waals surface area contributed by atoms with Gasteiger partial charge in [0.1, 0.15) is 5.75 Å². The molecule has 1 amide bonds. The lowest BCUT2D eigenvalue weighted by Gasteiger charge is -2.19. The van der Waals surface area contributed by atoms with E-state index in [1.54, 1.807) is 7.05 Å². The van der Waals surface area contributed by atoms with Crippen molar-refractivity contribution < 1.29 is 32.9 Å². The maximum Gasteiger partial charge on any atom is 0.416 e. The van der Waals surface area contributed by atoms with E-state index in [0.29, 0.717) is 25.7 Å². The summed E-state index contributed by atoms with van der Waals surface area (Å²) in [5.74, 6) is -0.145. The van der Waals surface area contributed by atoms with E-state index in [2.05, 4.69) is 5.32 Å². The number of nitrogens with one attached hydrogen (secondary N) is 1. The molecule has 4 atom stereocenters. The number of hydrogen-bond donors (Lipinski definition) is 3. The van der Waals surface area contributed by atoms with Gasteiger partial charge in [0.25, 0.3) is 0 Å². The summed E-state index contributed by atoms with van der Waals surface area (Å²) in [5, 5.41) is 23.1. The highest BCUT2D eigenvalue weighted by Gasteiger charge is 2.39. The molecule has 5 nitrogen and oxygen atoms in total. The molecular weight excluding hydrogens is 423 g/mol. The van der Waals surface area contributed by atoms with E-state index in [4.69, 9.17) is 4.74 Å². The zero-order valence-electron chi connectivity index (χ0n) is 18.2. The minimum absolute atomic E-state index is 0.00924. The van der Waals surface area contributed by atoms with Crippen LogP contribution in [0.15, 0.2) is 48.6 Å². The molecule has 1 saturated carbocycles. The molecule has 0 spiro atoms. The Balaban J connectivity index is 1.78. The first-order valence-corrected chi connectivity index (χ1v) is 10.9. The lowest BCUT2D eigenvalue weighted by molar-refractivity contribution is -0.137. The van der Waals surface area contributed by atoms with Crippen molar-refractivity contribution in [2.24, 2.45) is 11.8 Å². The Morgan fingerprint density at radius 3 is 2.69 bits per heavy atom. The maximum absolute atomic E-state index is 12.8. The summed E-state index contributed by atoms with van der Waals surface area (Å²) in [6, 6.07) is 4.75. The van der Waals surface area contributed by atoms with Crippen molar-refractivity contribution in [1.82, 2.24) is 5.32 Å². The van der Waals surface area contributed by atoms with E-state index in [-0.39, 0.29) is 30.1 Å². The number of benzene rings is 1. The maximum atomic E-state index is 12.8. The third kappa shape index (κ3) is 8.31. The first-order valence-electron chi connectivity index (χ1n) is 10.9. The number of allylic oxidation sites excluding steroid dienone is 2. The van der Waals surface area contributed by atoms with Gasteiger partial charge in [0, 0.05) is 25.8 Å². The van der Waals surface area contributed by atoms with Gasteiger partial charge in [-0.2, -0.15) is 13.2 Å². The van der Waals surface area contributed by atoms with Crippen LogP contribution < -0.4 is 10.1 Å². The number of carbonyl (C=O) groups excluding carboxylic acids is 1. The Labute approximate surface area is 187 Å². The highest BCUT2D eigenvalue weighted by Crippen LogP contribution is 2.36. The summed E-state index contributed by atoms with van der Waals surface area (Å²) in [7, 11) is 1.61. The number of aliphatic hydroxyl groups excluding tert-OH is 2. The van der Waals surface area contributed by atoms with Crippen molar-refractivity contribution in [2.45, 2.75) is 56.9 Å². The summed E-state index contributed by atoms with van der Waals surface area (Å²) in [4.78, 5) is 11.2. The second kappa shape index (κ2) is 12.6. The Morgan fingerprint density at radius 1 is 1.19 bits per heavy atom. The third-order valence-corrected chi connectivity index (χ3v) is 5.62. The standard InChI is InChI=1S/C24H32F3NO4/c1-28-23(31)13-5-3-2-4-11-19-20(22(30)16-21(19)29)12-6-7-14-32-18-10-8-9-17(15-18)24(25,26)27/h2,4,6,8-10,12,15,19-22,29-30H,3,5,7,11,13-14,16H2,1H3,(H,28,31)/b4-2-,12-6+/t19-,20-,21+,22-/m1/s1. The van der Waals surface area contributed by atoms with Crippen molar-refractivity contribution in [2.75, 3.05) is 13.7 Å². The lowest BCUT2D eigenvalue weighted by Crippen LogP contribution is -2.19. The van der Waals surface area contributed by atoms with Gasteiger partial charge in [0.05, 0.1) is 24.4 Å². The highest BCUT2D eigenvalue weighted by atomic mass is 19.4. The summed E-state index contributed by atoms with van der Waals surface area (Å²) >= 11 is 0. The average Bonchev–Trinajstić information content (AvgIpc) is 3.02. The van der Waals surface area contributed by atoms with Crippen LogP contribution >= 0.6 is 0 Å². The fraction of sp³-hybridized carbons (Fsp3) is 0.542. The lowest BCUT2D eigenvalue weighted by atomic mass is 9.90. The molecule has 1 aromatic rings. The molecule has 3 N–H and O–H groups in total. The summed E-state index contributed by atoms with van der Waals surface area (Å²) < 4.78 is 43.7. The number of carbonyl (C=O) groups is 1. The zero-order chi connectivity index (χ0) is 23.6. The molecule has 8 heteroatoms. The summed E-state index contributed by atoms with van der Waals surface area (Å²) in [5.41, 5.74) is -0.752. The van der Waals surface area contributed by atoms with Crippen molar-refractivity contribution in [1.29, 1.82) is 0 Å². The molecule has 0 saturated heterocycles. The van der Waals surface area contributed by atoms with Crippen LogP contribution in [0.5, 0.6) is 5.75 Å². The Kier molecular flexibility index (Phi) is 10.3. The van der Waals surface area contributed by atoms with Gasteiger partial charge in [-0.15, -0.1) is 0 Å². The minimum atomic E-state index is -4.41. The van der Waals surface area contributed by atoms with Crippen LogP contribution in [0.4, 0.5) is 13.2 Å². The Bertz CT molecular complexity index is 779. The van der Waals surface area contributed by atoms with Crippen LogP contribution in [0.2, 0.25) is 0 Å². The number of halogens is 3. The predicted octanol–water partition coefficient (Wildman–Crippen LogP) is 4.25. The molecule has 0 heterocycles. The first-order chi connectivity index (χ1) is 15.2. The number of ether oxygens (including phenoxy) is 1. The van der Waals surface area contributed by atoms with Gasteiger partial charge in [-0.3, -0.25) is 4.79 Å². The second-order valence-corrected chi connectivity index (χ2v) is 7.97. The minimum Gasteiger partial charge on any atom is -0.493 e. The van der Waals surface area contributed by atoms with Gasteiger partial charge < -0.3 is 20.3 Å². The van der Waals surface area contributed by atoms with Crippen molar-refractivity contribution in [3.63, 3.8) is 0 Å². The highest BCUT2D eigenvalue weighted by molar-refractivity contribution is 5.75. The van der Waals surface area contributed by atoms with Crippen LogP contribution in [0.1, 0.15) is 44.1 Å². The zero-order valence-corrected chi connectivity index (χ0v) is 18.2. The molecule has 0 bridgehead atoms. The molecule has 0 aliphatic heterocycles. The van der Waals surface area contributed by atoms with Gasteiger partial charge in [-0.1, -0.05) is 30.4 Å². The van der Waals surface area contributed by atoms with Crippen LogP contribution in [0.25, 0.3) is 0 Å². The predicted molar refractivity (Wildman–Crippen MR) is 116 cm³/mol. The number of unbranched alkanes of at least 4 members (excludes halogenated alkanes) is 1. The van der Waals surface area contributed by atoms with Crippen molar-refractivity contribution >= 4 is 5.91 Å². The van der Waals surface area contributed by atoms with Crippen LogP contribution in [-0.2, 0) is 11.0 Å². The molecule has 0 unspecified atom stereocenters. The topological polar surface area (TPSA) is 78.8 Å². The van der Waals surface area contributed by atoms with Crippen molar-refractivity contribution in [3.8, 4) is 5.75 Å². The van der Waals surface area contributed by atoms with Gasteiger partial charge >= 0.3 is 6.18 Å². The monoisotopic (exact) mass is 455 g/mol. The fourth-order valence-corrected chi connectivity index (χ4v) is 3.84. The first kappa shape index (κ1) is 25.9. The van der Waals surface area contributed by atoms with Crippen LogP contribution in [0.3, 0.4) is 0 Å². The number of aliphatic hydroxyl groups is 2. The van der Waals surface area contributed by atoms with Gasteiger partial charge in [-0.05, 0) is 49.8 Å². The number of hydrogen-bond acceptors (Lipinski definition) is 4. The van der Waals surface area contributed by atoms with E-state index < -0.39 is 23.9 Å². The number of rotatable bonds is 11. The van der Waals surface area contributed by atoms with E-state index >= 15 is 0 Å². The molecule has 1 aromatic carbocycles. The molecule has 178 valence electrons. The molecule has 0 radical (unpaired) electrons. The molecule has 1 aliphatic rings. The van der Waals surface area contributed by atoms with Crippen LogP contribution in [0, 0.1) is 11.8 Å². The van der Waals surface area contributed by atoms with E-state index in [9.17, 15) is 28.2 Å². The normalized spacial score (nSPS) is 23.8. The van der Waals surface area contributed by atoms with E-state index in [1.165, 1.54) is 12.1 Å². The SMILES string of the molecule is CNC(=O)CCC/C=C\C[C@@H]1[C@@H](/C=C/CCOc2cccc(C(F)(F)F)c2)[C@H](O)C[C@@H]1O. The summed E-state index contributed by atoms with van der Waals surface area (Å²) in [6.45, 7) is 0.207. The van der Waals surface area contributed by atoms with Crippen LogP contribution in [-0.4, -0.2) is 42.0 Å². The summed E-state index contributed by atoms with van der Waals surface area (Å²) in [6.07, 6.45) is 5.40. The average molecular weight is 456 g/mol. The smallest absolute Gasteiger partial charge is 0.416 e. The largest absolute Gasteiger partial charge is 0.493 e. The molecule has 1 aliphatic carbocycles. The quantitative estimate of drug-likeness (QED) is 0.344. The third-order valence-electron chi connectivity index (χ3n) is 5.62. The number of alkyl halides is 3. The Hall–Kier alpha value is -2.32. The second-order valence-electron chi connectivity index (χ2n) is 7.97. The molecule has 2 rings (SSSR count). The van der Waals surface area contributed by atoms with E-state index in [1.807, 2.05) is 24.3 Å². The molecule has 0 aromatic heterocycles. The van der Waals surface area contributed by atoms with Gasteiger partial charge in [0.2, 0.25) is 5.91 Å². The Morgan fingerprint density at radius 2 is 1.97 bits per heavy atom. The molecule has 32 heavy (non-hydrogen) atoms. The van der Waals surface area contributed by atoms with Crippen molar-refractivity contribution in [3.05, 3.63) is 54.1 Å². The molecule has 1 fully saturated rings. The fourth-order valence-electron chi connectivity index (χ4n) is 3.84.